The summed E-state index contributed by atoms with van der Waals surface area (Å²) in [7, 11) is 0. The van der Waals surface area contributed by atoms with Crippen molar-refractivity contribution in [3.8, 4) is 11.5 Å². The molecule has 0 bridgehead atoms. The zero-order valence-corrected chi connectivity index (χ0v) is 10.9. The van der Waals surface area contributed by atoms with Gasteiger partial charge in [0.1, 0.15) is 11.1 Å². The van der Waals surface area contributed by atoms with Crippen molar-refractivity contribution in [1.82, 2.24) is 5.16 Å². The van der Waals surface area contributed by atoms with Gasteiger partial charge in [0.15, 0.2) is 0 Å². The average Bonchev–Trinajstić information content (AvgIpc) is 2.79. The predicted octanol–water partition coefficient (Wildman–Crippen LogP) is 2.85. The Labute approximate surface area is 110 Å². The second kappa shape index (κ2) is 4.42. The maximum atomic E-state index is 7.59. The summed E-state index contributed by atoms with van der Waals surface area (Å²) in [4.78, 5) is 2.25. The van der Waals surface area contributed by atoms with Crippen LogP contribution in [0.2, 0.25) is 0 Å². The van der Waals surface area contributed by atoms with Gasteiger partial charge in [0.25, 0.3) is 11.4 Å². The summed E-state index contributed by atoms with van der Waals surface area (Å²) in [5, 5.41) is 12.3. The molecule has 0 atom stereocenters. The Hall–Kier alpha value is -2.30. The van der Waals surface area contributed by atoms with Crippen LogP contribution in [0.15, 0.2) is 33.2 Å². The molecule has 1 aromatic rings. The number of fused-ring (bicyclic) bond motifs is 2. The molecule has 0 aliphatic carbocycles. The minimum absolute atomic E-state index is 0.0356. The summed E-state index contributed by atoms with van der Waals surface area (Å²) in [6, 6.07) is 7.94. The molecule has 0 aromatic heterocycles. The SMILES string of the molecule is CCN(CC)c1ccc2cc3c(=N)onc-3oc2c1. The molecule has 0 unspecified atom stereocenters. The largest absolute Gasteiger partial charge is 0.435 e. The van der Waals surface area contributed by atoms with E-state index in [9.17, 15) is 0 Å². The second-order valence-electron chi connectivity index (χ2n) is 4.37. The fourth-order valence-electron chi connectivity index (χ4n) is 2.26. The van der Waals surface area contributed by atoms with Gasteiger partial charge in [-0.3, -0.25) is 5.41 Å². The minimum Gasteiger partial charge on any atom is -0.435 e. The molecule has 0 spiro atoms. The lowest BCUT2D eigenvalue weighted by molar-refractivity contribution is 0.368. The van der Waals surface area contributed by atoms with E-state index >= 15 is 0 Å². The van der Waals surface area contributed by atoms with Gasteiger partial charge in [0, 0.05) is 30.2 Å². The van der Waals surface area contributed by atoms with Gasteiger partial charge < -0.3 is 13.8 Å². The van der Waals surface area contributed by atoms with E-state index in [4.69, 9.17) is 14.3 Å². The normalized spacial score (nSPS) is 11.3. The molecule has 5 heteroatoms. The molecule has 2 aliphatic heterocycles. The number of nitrogens with one attached hydrogen (secondary N) is 1. The first-order valence-corrected chi connectivity index (χ1v) is 6.35. The summed E-state index contributed by atoms with van der Waals surface area (Å²) in [6.07, 6.45) is 0. The topological polar surface area (TPSA) is 66.3 Å². The number of rotatable bonds is 3. The van der Waals surface area contributed by atoms with E-state index < -0.39 is 0 Å². The van der Waals surface area contributed by atoms with E-state index in [-0.39, 0.29) is 5.55 Å². The zero-order chi connectivity index (χ0) is 13.4. The number of hydrogen-bond acceptors (Lipinski definition) is 5. The Morgan fingerprint density at radius 3 is 2.74 bits per heavy atom. The molecule has 0 fully saturated rings. The number of benzene rings is 1. The average molecular weight is 257 g/mol. The van der Waals surface area contributed by atoms with Crippen LogP contribution in [0.5, 0.6) is 0 Å². The van der Waals surface area contributed by atoms with Gasteiger partial charge in [0.05, 0.1) is 0 Å². The minimum atomic E-state index is 0.0356. The van der Waals surface area contributed by atoms with E-state index in [2.05, 4.69) is 30.0 Å². The quantitative estimate of drug-likeness (QED) is 0.783. The smallest absolute Gasteiger partial charge is 0.269 e. The fourth-order valence-corrected chi connectivity index (χ4v) is 2.26. The highest BCUT2D eigenvalue weighted by Gasteiger charge is 2.15. The summed E-state index contributed by atoms with van der Waals surface area (Å²) in [6.45, 7) is 6.15. The van der Waals surface area contributed by atoms with Crippen LogP contribution in [0.3, 0.4) is 0 Å². The molecule has 2 heterocycles. The van der Waals surface area contributed by atoms with Crippen molar-refractivity contribution in [2.24, 2.45) is 0 Å². The highest BCUT2D eigenvalue weighted by molar-refractivity contribution is 5.84. The van der Waals surface area contributed by atoms with Crippen LogP contribution < -0.4 is 10.5 Å². The van der Waals surface area contributed by atoms with Gasteiger partial charge in [-0.1, -0.05) is 0 Å². The van der Waals surface area contributed by atoms with Gasteiger partial charge in [-0.25, -0.2) is 0 Å². The van der Waals surface area contributed by atoms with E-state index in [0.717, 1.165) is 29.7 Å². The molecule has 98 valence electrons. The molecule has 5 nitrogen and oxygen atoms in total. The van der Waals surface area contributed by atoms with Gasteiger partial charge in [0.2, 0.25) is 0 Å². The monoisotopic (exact) mass is 257 g/mol. The molecule has 0 amide bonds. The number of anilines is 1. The molecule has 2 aliphatic rings. The lowest BCUT2D eigenvalue weighted by Crippen LogP contribution is -2.21. The van der Waals surface area contributed by atoms with Crippen LogP contribution in [0.1, 0.15) is 13.8 Å². The second-order valence-corrected chi connectivity index (χ2v) is 4.37. The highest BCUT2D eigenvalue weighted by Crippen LogP contribution is 2.27. The lowest BCUT2D eigenvalue weighted by Gasteiger charge is -2.21. The van der Waals surface area contributed by atoms with E-state index in [1.54, 1.807) is 0 Å². The van der Waals surface area contributed by atoms with Crippen molar-refractivity contribution >= 4 is 16.7 Å². The van der Waals surface area contributed by atoms with Crippen molar-refractivity contribution < 1.29 is 8.94 Å². The lowest BCUT2D eigenvalue weighted by atomic mass is 10.1. The Balaban J connectivity index is 2.21. The Kier molecular flexibility index (Phi) is 2.74. The van der Waals surface area contributed by atoms with Crippen molar-refractivity contribution in [3.63, 3.8) is 0 Å². The van der Waals surface area contributed by atoms with Crippen molar-refractivity contribution in [1.29, 1.82) is 5.41 Å². The first-order chi connectivity index (χ1) is 9.22. The Morgan fingerprint density at radius 1 is 1.21 bits per heavy atom. The third-order valence-corrected chi connectivity index (χ3v) is 3.33. The fraction of sp³-hybridized carbons (Fsp3) is 0.286. The molecular weight excluding hydrogens is 242 g/mol. The number of aromatic nitrogens is 1. The molecule has 19 heavy (non-hydrogen) atoms. The molecule has 0 saturated heterocycles. The first-order valence-electron chi connectivity index (χ1n) is 6.35. The molecule has 1 N–H and O–H groups in total. The van der Waals surface area contributed by atoms with Gasteiger partial charge in [-0.05, 0) is 37.2 Å². The van der Waals surface area contributed by atoms with Crippen LogP contribution in [-0.4, -0.2) is 18.2 Å². The standard InChI is InChI=1S/C14H15N3O2/c1-3-17(4-2)10-6-5-9-7-11-13(15)19-16-14(11)18-12(9)8-10/h5-8,15H,3-4H2,1-2H3. The molecular formula is C14H15N3O2. The van der Waals surface area contributed by atoms with Gasteiger partial charge >= 0.3 is 0 Å². The molecule has 3 rings (SSSR count). The summed E-state index contributed by atoms with van der Waals surface area (Å²) >= 11 is 0. The van der Waals surface area contributed by atoms with Gasteiger partial charge in [-0.2, -0.15) is 0 Å². The molecule has 0 saturated carbocycles. The van der Waals surface area contributed by atoms with E-state index in [0.29, 0.717) is 11.5 Å². The van der Waals surface area contributed by atoms with Crippen molar-refractivity contribution in [2.45, 2.75) is 13.8 Å². The maximum absolute atomic E-state index is 7.59. The van der Waals surface area contributed by atoms with Crippen LogP contribution in [0.4, 0.5) is 5.69 Å². The summed E-state index contributed by atoms with van der Waals surface area (Å²) in [5.41, 5.74) is 2.51. The van der Waals surface area contributed by atoms with Crippen LogP contribution in [-0.2, 0) is 0 Å². The van der Waals surface area contributed by atoms with Crippen molar-refractivity contribution in [2.75, 3.05) is 18.0 Å². The number of hydrogen-bond donors (Lipinski definition) is 1. The summed E-state index contributed by atoms with van der Waals surface area (Å²) < 4.78 is 10.5. The summed E-state index contributed by atoms with van der Waals surface area (Å²) in [5.74, 6) is 0.370. The van der Waals surface area contributed by atoms with Crippen LogP contribution in [0, 0.1) is 5.41 Å². The highest BCUT2D eigenvalue weighted by atomic mass is 16.5. The third-order valence-electron chi connectivity index (χ3n) is 3.33. The zero-order valence-electron chi connectivity index (χ0n) is 10.9. The molecule has 1 aromatic carbocycles. The predicted molar refractivity (Wildman–Crippen MR) is 72.3 cm³/mol. The van der Waals surface area contributed by atoms with Crippen LogP contribution in [0.25, 0.3) is 22.4 Å². The number of nitrogens with zero attached hydrogens (tertiary/aromatic N) is 2. The first kappa shape index (κ1) is 11.8. The van der Waals surface area contributed by atoms with Crippen LogP contribution >= 0.6 is 0 Å². The Morgan fingerprint density at radius 2 is 2.00 bits per heavy atom. The maximum Gasteiger partial charge on any atom is 0.269 e. The van der Waals surface area contributed by atoms with Gasteiger partial charge in [-0.15, -0.1) is 0 Å². The van der Waals surface area contributed by atoms with Crippen molar-refractivity contribution in [3.05, 3.63) is 29.8 Å². The molecule has 0 radical (unpaired) electrons. The third kappa shape index (κ3) is 1.87. The Bertz CT molecular complexity index is 740. The van der Waals surface area contributed by atoms with E-state index in [1.807, 2.05) is 18.2 Å². The van der Waals surface area contributed by atoms with E-state index in [1.165, 1.54) is 0 Å².